The van der Waals surface area contributed by atoms with E-state index >= 15 is 0 Å². The summed E-state index contributed by atoms with van der Waals surface area (Å²) < 4.78 is 15.2. The molecule has 32 heavy (non-hydrogen) atoms. The predicted octanol–water partition coefficient (Wildman–Crippen LogP) is 3.98. The molecule has 5 rings (SSSR count). The molecular weight excluding hydrogens is 429 g/mol. The van der Waals surface area contributed by atoms with Crippen molar-refractivity contribution in [2.75, 3.05) is 38.5 Å². The largest absolute Gasteiger partial charge is 0.329 e. The summed E-state index contributed by atoms with van der Waals surface area (Å²) in [5.41, 5.74) is 1.96. The molecule has 1 saturated heterocycles. The van der Waals surface area contributed by atoms with Crippen LogP contribution in [0.15, 0.2) is 24.5 Å². The summed E-state index contributed by atoms with van der Waals surface area (Å²) in [7, 11) is 4.05. The molecule has 6 nitrogen and oxygen atoms in total. The van der Waals surface area contributed by atoms with Gasteiger partial charge in [-0.1, -0.05) is 11.6 Å². The number of piperazine rings is 1. The Morgan fingerprint density at radius 2 is 1.78 bits per heavy atom. The van der Waals surface area contributed by atoms with Gasteiger partial charge in [0.2, 0.25) is 0 Å². The van der Waals surface area contributed by atoms with Crippen molar-refractivity contribution in [2.24, 2.45) is 18.9 Å². The molecule has 0 spiro atoms. The first kappa shape index (κ1) is 21.9. The Kier molecular flexibility index (Phi) is 5.99. The Balaban J connectivity index is 1.25. The van der Waals surface area contributed by atoms with E-state index in [1.165, 1.54) is 57.2 Å². The molecule has 2 aromatic rings. The van der Waals surface area contributed by atoms with Crippen molar-refractivity contribution in [3.8, 4) is 0 Å². The van der Waals surface area contributed by atoms with E-state index in [9.17, 15) is 9.18 Å². The number of hydrogen-bond acceptors (Lipinski definition) is 4. The zero-order valence-corrected chi connectivity index (χ0v) is 19.5. The first-order chi connectivity index (χ1) is 15.4. The normalized spacial score (nSPS) is 28.8. The number of halogens is 2. The van der Waals surface area contributed by atoms with E-state index in [4.69, 9.17) is 11.6 Å². The van der Waals surface area contributed by atoms with E-state index in [0.29, 0.717) is 17.3 Å². The Labute approximate surface area is 193 Å². The number of imidazole rings is 1. The van der Waals surface area contributed by atoms with Crippen LogP contribution in [0.4, 0.5) is 10.1 Å². The average molecular weight is 460 g/mol. The van der Waals surface area contributed by atoms with Gasteiger partial charge in [-0.3, -0.25) is 9.69 Å². The smallest absolute Gasteiger partial charge is 0.274 e. The van der Waals surface area contributed by atoms with Gasteiger partial charge in [-0.25, -0.2) is 9.37 Å². The molecule has 2 saturated carbocycles. The molecule has 1 N–H and O–H groups in total. The van der Waals surface area contributed by atoms with E-state index in [2.05, 4.69) is 27.1 Å². The summed E-state index contributed by atoms with van der Waals surface area (Å²) in [6, 6.07) is 4.93. The molecule has 1 amide bonds. The van der Waals surface area contributed by atoms with Crippen LogP contribution in [0.1, 0.15) is 47.8 Å². The minimum Gasteiger partial charge on any atom is -0.329 e. The molecular formula is C24H31ClFN5O. The minimum atomic E-state index is -0.502. The number of carbonyl (C=O) groups excluding carboxylic acids is 1. The van der Waals surface area contributed by atoms with Gasteiger partial charge in [0.1, 0.15) is 11.5 Å². The van der Waals surface area contributed by atoms with Crippen molar-refractivity contribution in [1.82, 2.24) is 19.4 Å². The van der Waals surface area contributed by atoms with Crippen LogP contribution in [0.3, 0.4) is 0 Å². The number of likely N-dealkylation sites (N-methyl/N-ethyl adjacent to an activating group) is 1. The van der Waals surface area contributed by atoms with Crippen LogP contribution in [0.2, 0.25) is 5.02 Å². The molecule has 2 aliphatic carbocycles. The summed E-state index contributed by atoms with van der Waals surface area (Å²) in [4.78, 5) is 22.8. The van der Waals surface area contributed by atoms with Crippen LogP contribution in [-0.4, -0.2) is 64.5 Å². The first-order valence-electron chi connectivity index (χ1n) is 11.6. The van der Waals surface area contributed by atoms with Gasteiger partial charge in [0, 0.05) is 50.9 Å². The van der Waals surface area contributed by atoms with Crippen LogP contribution >= 0.6 is 11.6 Å². The molecule has 1 aromatic carbocycles. The minimum absolute atomic E-state index is 0.00782. The highest BCUT2D eigenvalue weighted by Gasteiger charge is 2.45. The highest BCUT2D eigenvalue weighted by Crippen LogP contribution is 2.51. The lowest BCUT2D eigenvalue weighted by Gasteiger charge is -2.36. The summed E-state index contributed by atoms with van der Waals surface area (Å²) in [5.74, 6) is 1.03. The standard InChI is InChI=1S/C24H31ClFN5O/c1-29-5-7-31(8-6-29)19-11-15-9-17(10-16(15)12-19)22-23(30(2)14-27-22)24(32)28-18-3-4-21(26)20(25)13-18/h3-4,13-17,19H,5-12H2,1-2H3,(H,28,32). The number of amides is 1. The maximum atomic E-state index is 13.5. The molecule has 2 heterocycles. The number of hydrogen-bond donors (Lipinski definition) is 1. The summed E-state index contributed by atoms with van der Waals surface area (Å²) in [6.45, 7) is 4.70. The molecule has 1 aromatic heterocycles. The topological polar surface area (TPSA) is 53.4 Å². The van der Waals surface area contributed by atoms with Crippen molar-refractivity contribution in [3.05, 3.63) is 46.8 Å². The van der Waals surface area contributed by atoms with Crippen LogP contribution in [0, 0.1) is 17.7 Å². The van der Waals surface area contributed by atoms with Gasteiger partial charge in [-0.15, -0.1) is 0 Å². The number of anilines is 1. The zero-order chi connectivity index (χ0) is 22.4. The van der Waals surface area contributed by atoms with Gasteiger partial charge < -0.3 is 14.8 Å². The molecule has 0 radical (unpaired) electrons. The fraction of sp³-hybridized carbons (Fsp3) is 0.583. The van der Waals surface area contributed by atoms with Gasteiger partial charge in [-0.2, -0.15) is 0 Å². The summed E-state index contributed by atoms with van der Waals surface area (Å²) in [6.07, 6.45) is 6.48. The van der Waals surface area contributed by atoms with Crippen LogP contribution in [0.5, 0.6) is 0 Å². The van der Waals surface area contributed by atoms with Gasteiger partial charge in [-0.05, 0) is 62.8 Å². The van der Waals surface area contributed by atoms with Crippen LogP contribution in [-0.2, 0) is 7.05 Å². The maximum Gasteiger partial charge on any atom is 0.274 e. The number of nitrogens with one attached hydrogen (secondary N) is 1. The number of benzene rings is 1. The van der Waals surface area contributed by atoms with Gasteiger partial charge >= 0.3 is 0 Å². The average Bonchev–Trinajstić information content (AvgIpc) is 3.44. The SMILES string of the molecule is CN1CCN(C2CC3CC(c4ncn(C)c4C(=O)Nc4ccc(F)c(Cl)c4)CC3C2)CC1. The van der Waals surface area contributed by atoms with E-state index in [0.717, 1.165) is 36.4 Å². The quantitative estimate of drug-likeness (QED) is 0.751. The monoisotopic (exact) mass is 459 g/mol. The van der Waals surface area contributed by atoms with E-state index in [1.54, 1.807) is 10.9 Å². The van der Waals surface area contributed by atoms with Gasteiger partial charge in [0.05, 0.1) is 17.0 Å². The Morgan fingerprint density at radius 1 is 1.09 bits per heavy atom. The fourth-order valence-electron chi connectivity index (χ4n) is 6.08. The zero-order valence-electron chi connectivity index (χ0n) is 18.7. The second kappa shape index (κ2) is 8.76. The number of aryl methyl sites for hydroxylation is 1. The van der Waals surface area contributed by atoms with Crippen molar-refractivity contribution < 1.29 is 9.18 Å². The van der Waals surface area contributed by atoms with Crippen molar-refractivity contribution in [2.45, 2.75) is 37.6 Å². The Morgan fingerprint density at radius 3 is 2.44 bits per heavy atom. The molecule has 2 atom stereocenters. The second-order valence-electron chi connectivity index (χ2n) is 9.83. The molecule has 2 unspecified atom stereocenters. The van der Waals surface area contributed by atoms with E-state index < -0.39 is 5.82 Å². The Hall–Kier alpha value is -1.96. The third kappa shape index (κ3) is 4.18. The molecule has 3 aliphatic rings. The van der Waals surface area contributed by atoms with E-state index in [1.807, 2.05) is 7.05 Å². The molecule has 1 aliphatic heterocycles. The third-order valence-corrected chi connectivity index (χ3v) is 8.08. The lowest BCUT2D eigenvalue weighted by molar-refractivity contribution is 0.101. The lowest BCUT2D eigenvalue weighted by atomic mass is 9.96. The maximum absolute atomic E-state index is 13.5. The van der Waals surface area contributed by atoms with Gasteiger partial charge in [0.15, 0.2) is 0 Å². The molecule has 3 fully saturated rings. The lowest BCUT2D eigenvalue weighted by Crippen LogP contribution is -2.48. The van der Waals surface area contributed by atoms with Crippen molar-refractivity contribution in [3.63, 3.8) is 0 Å². The van der Waals surface area contributed by atoms with Crippen LogP contribution < -0.4 is 5.32 Å². The van der Waals surface area contributed by atoms with Crippen molar-refractivity contribution >= 4 is 23.2 Å². The van der Waals surface area contributed by atoms with Crippen molar-refractivity contribution in [1.29, 1.82) is 0 Å². The molecule has 0 bridgehead atoms. The number of fused-ring (bicyclic) bond motifs is 1. The number of nitrogens with zero attached hydrogens (tertiary/aromatic N) is 4. The number of carbonyl (C=O) groups is 1. The number of rotatable bonds is 4. The third-order valence-electron chi connectivity index (χ3n) is 7.79. The second-order valence-corrected chi connectivity index (χ2v) is 10.2. The summed E-state index contributed by atoms with van der Waals surface area (Å²) >= 11 is 5.87. The summed E-state index contributed by atoms with van der Waals surface area (Å²) in [5, 5.41) is 2.85. The molecule has 8 heteroatoms. The molecule has 172 valence electrons. The number of aromatic nitrogens is 2. The first-order valence-corrected chi connectivity index (χ1v) is 12.0. The Bertz CT molecular complexity index is 988. The highest BCUT2D eigenvalue weighted by molar-refractivity contribution is 6.31. The highest BCUT2D eigenvalue weighted by atomic mass is 35.5. The van der Waals surface area contributed by atoms with E-state index in [-0.39, 0.29) is 10.9 Å². The predicted molar refractivity (Wildman–Crippen MR) is 124 cm³/mol. The fourth-order valence-corrected chi connectivity index (χ4v) is 6.26. The van der Waals surface area contributed by atoms with Crippen LogP contribution in [0.25, 0.3) is 0 Å². The van der Waals surface area contributed by atoms with Gasteiger partial charge in [0.25, 0.3) is 5.91 Å².